The van der Waals surface area contributed by atoms with Crippen molar-refractivity contribution in [2.75, 3.05) is 0 Å². The first-order valence-electron chi connectivity index (χ1n) is 7.93. The molecule has 2 atom stereocenters. The summed E-state index contributed by atoms with van der Waals surface area (Å²) in [6, 6.07) is 7.80. The van der Waals surface area contributed by atoms with Crippen molar-refractivity contribution in [3.8, 4) is 0 Å². The molecule has 0 saturated carbocycles. The lowest BCUT2D eigenvalue weighted by Crippen LogP contribution is -2.52. The molecule has 0 spiro atoms. The van der Waals surface area contributed by atoms with E-state index in [-0.39, 0.29) is 5.91 Å². The van der Waals surface area contributed by atoms with Crippen molar-refractivity contribution in [1.29, 1.82) is 0 Å². The predicted molar refractivity (Wildman–Crippen MR) is 91.2 cm³/mol. The summed E-state index contributed by atoms with van der Waals surface area (Å²) in [6.45, 7) is 8.20. The molecule has 1 aromatic carbocycles. The highest BCUT2D eigenvalue weighted by molar-refractivity contribution is 5.90. The van der Waals surface area contributed by atoms with E-state index >= 15 is 0 Å². The van der Waals surface area contributed by atoms with Gasteiger partial charge in [0.25, 0.3) is 0 Å². The second-order valence-corrected chi connectivity index (χ2v) is 6.71. The molecule has 0 saturated heterocycles. The van der Waals surface area contributed by atoms with Crippen molar-refractivity contribution >= 4 is 17.8 Å². The van der Waals surface area contributed by atoms with Crippen LogP contribution in [0.1, 0.15) is 40.2 Å². The van der Waals surface area contributed by atoms with Crippen LogP contribution in [-0.4, -0.2) is 35.5 Å². The Bertz CT molecular complexity index is 578. The van der Waals surface area contributed by atoms with Crippen LogP contribution in [0.5, 0.6) is 0 Å². The summed E-state index contributed by atoms with van der Waals surface area (Å²) < 4.78 is 5.39. The fourth-order valence-corrected chi connectivity index (χ4v) is 2.08. The number of hydrogen-bond donors (Lipinski definition) is 2. The van der Waals surface area contributed by atoms with Gasteiger partial charge in [-0.15, -0.1) is 0 Å². The molecular weight excluding hydrogens is 308 g/mol. The zero-order valence-electron chi connectivity index (χ0n) is 14.9. The molecule has 2 N–H and O–H groups in total. The average molecular weight is 334 g/mol. The fraction of sp³-hybridized carbons (Fsp3) is 0.500. The summed E-state index contributed by atoms with van der Waals surface area (Å²) in [5, 5.41) is 5.16. The number of carbonyl (C=O) groups excluding carboxylic acids is 3. The van der Waals surface area contributed by atoms with E-state index < -0.39 is 29.6 Å². The van der Waals surface area contributed by atoms with Crippen LogP contribution in [0.4, 0.5) is 0 Å². The third-order valence-corrected chi connectivity index (χ3v) is 3.10. The third-order valence-electron chi connectivity index (χ3n) is 3.10. The molecule has 0 unspecified atom stereocenters. The maximum atomic E-state index is 12.4. The Morgan fingerprint density at radius 2 is 1.67 bits per heavy atom. The number of rotatable bonds is 6. The molecule has 0 aliphatic carbocycles. The van der Waals surface area contributed by atoms with Gasteiger partial charge >= 0.3 is 5.97 Å². The standard InChI is InChI=1S/C18H26N2O4/c1-12(19-13(2)21)16(22)20-15(17(23)24-18(3,4)5)11-14-9-7-6-8-10-14/h6-10,12,15H,11H2,1-5H3,(H,19,21)(H,20,22)/t12-,15-/m0/s1. The number of benzene rings is 1. The highest BCUT2D eigenvalue weighted by atomic mass is 16.6. The van der Waals surface area contributed by atoms with Gasteiger partial charge in [-0.3, -0.25) is 9.59 Å². The average Bonchev–Trinajstić information content (AvgIpc) is 2.45. The Morgan fingerprint density at radius 1 is 1.08 bits per heavy atom. The summed E-state index contributed by atoms with van der Waals surface area (Å²) in [7, 11) is 0. The van der Waals surface area contributed by atoms with Crippen molar-refractivity contribution in [1.82, 2.24) is 10.6 Å². The Kier molecular flexibility index (Phi) is 6.95. The van der Waals surface area contributed by atoms with Crippen molar-refractivity contribution < 1.29 is 19.1 Å². The first kappa shape index (κ1) is 19.7. The molecule has 0 heterocycles. The lowest BCUT2D eigenvalue weighted by molar-refractivity contribution is -0.158. The van der Waals surface area contributed by atoms with Gasteiger partial charge in [-0.05, 0) is 33.3 Å². The largest absolute Gasteiger partial charge is 0.458 e. The van der Waals surface area contributed by atoms with Crippen LogP contribution in [0.25, 0.3) is 0 Å². The summed E-state index contributed by atoms with van der Waals surface area (Å²) in [5.74, 6) is -1.25. The van der Waals surface area contributed by atoms with Crippen LogP contribution in [-0.2, 0) is 25.5 Å². The molecule has 1 aromatic rings. The minimum Gasteiger partial charge on any atom is -0.458 e. The number of ether oxygens (including phenoxy) is 1. The molecule has 0 aliphatic rings. The molecule has 0 fully saturated rings. The Morgan fingerprint density at radius 3 is 2.17 bits per heavy atom. The van der Waals surface area contributed by atoms with Crippen LogP contribution in [0.15, 0.2) is 30.3 Å². The lowest BCUT2D eigenvalue weighted by atomic mass is 10.0. The van der Waals surface area contributed by atoms with Crippen molar-refractivity contribution in [3.63, 3.8) is 0 Å². The number of hydrogen-bond acceptors (Lipinski definition) is 4. The van der Waals surface area contributed by atoms with Gasteiger partial charge in [-0.1, -0.05) is 30.3 Å². The smallest absolute Gasteiger partial charge is 0.329 e. The molecule has 24 heavy (non-hydrogen) atoms. The zero-order chi connectivity index (χ0) is 18.3. The van der Waals surface area contributed by atoms with Crippen LogP contribution in [0.2, 0.25) is 0 Å². The molecule has 6 heteroatoms. The number of carbonyl (C=O) groups is 3. The van der Waals surface area contributed by atoms with Gasteiger partial charge in [0.2, 0.25) is 11.8 Å². The Labute approximate surface area is 143 Å². The quantitative estimate of drug-likeness (QED) is 0.774. The van der Waals surface area contributed by atoms with Gasteiger partial charge in [0.15, 0.2) is 0 Å². The van der Waals surface area contributed by atoms with E-state index in [1.165, 1.54) is 6.92 Å². The molecule has 2 amide bonds. The minimum atomic E-state index is -0.824. The first-order chi connectivity index (χ1) is 11.1. The zero-order valence-corrected chi connectivity index (χ0v) is 14.9. The van der Waals surface area contributed by atoms with Gasteiger partial charge < -0.3 is 15.4 Å². The van der Waals surface area contributed by atoms with Crippen LogP contribution in [0.3, 0.4) is 0 Å². The SMILES string of the molecule is CC(=O)N[C@@H](C)C(=O)N[C@@H](Cc1ccccc1)C(=O)OC(C)(C)C. The highest BCUT2D eigenvalue weighted by Gasteiger charge is 2.28. The van der Waals surface area contributed by atoms with Gasteiger partial charge in [-0.2, -0.15) is 0 Å². The van der Waals surface area contributed by atoms with E-state index in [1.807, 2.05) is 30.3 Å². The third kappa shape index (κ3) is 7.26. The van der Waals surface area contributed by atoms with Crippen LogP contribution in [0, 0.1) is 0 Å². The Balaban J connectivity index is 2.86. The minimum absolute atomic E-state index is 0.311. The molecule has 0 aromatic heterocycles. The summed E-state index contributed by atoms with van der Waals surface area (Å²) in [5.41, 5.74) is 0.251. The van der Waals surface area contributed by atoms with Crippen LogP contribution >= 0.6 is 0 Å². The topological polar surface area (TPSA) is 84.5 Å². The van der Waals surface area contributed by atoms with E-state index in [0.29, 0.717) is 6.42 Å². The Hall–Kier alpha value is -2.37. The summed E-state index contributed by atoms with van der Waals surface area (Å²) in [6.07, 6.45) is 0.314. The molecule has 1 rings (SSSR count). The normalized spacial score (nSPS) is 13.5. The van der Waals surface area contributed by atoms with Gasteiger partial charge in [-0.25, -0.2) is 4.79 Å². The number of amides is 2. The summed E-state index contributed by atoms with van der Waals surface area (Å²) in [4.78, 5) is 35.7. The van der Waals surface area contributed by atoms with E-state index in [0.717, 1.165) is 5.56 Å². The maximum absolute atomic E-state index is 12.4. The predicted octanol–water partition coefficient (Wildman–Crippen LogP) is 1.58. The monoisotopic (exact) mass is 334 g/mol. The van der Waals surface area contributed by atoms with Crippen molar-refractivity contribution in [3.05, 3.63) is 35.9 Å². The molecular formula is C18H26N2O4. The number of nitrogens with one attached hydrogen (secondary N) is 2. The van der Waals surface area contributed by atoms with E-state index in [4.69, 9.17) is 4.74 Å². The van der Waals surface area contributed by atoms with E-state index in [2.05, 4.69) is 10.6 Å². The first-order valence-corrected chi connectivity index (χ1v) is 7.93. The lowest BCUT2D eigenvalue weighted by Gasteiger charge is -2.25. The van der Waals surface area contributed by atoms with Crippen molar-refractivity contribution in [2.45, 2.75) is 58.7 Å². The molecule has 6 nitrogen and oxygen atoms in total. The molecule has 0 bridgehead atoms. The van der Waals surface area contributed by atoms with Gasteiger partial charge in [0, 0.05) is 13.3 Å². The second kappa shape index (κ2) is 8.47. The van der Waals surface area contributed by atoms with Crippen molar-refractivity contribution in [2.24, 2.45) is 0 Å². The molecule has 0 aliphatic heterocycles. The van der Waals surface area contributed by atoms with E-state index in [1.54, 1.807) is 27.7 Å². The van der Waals surface area contributed by atoms with Crippen LogP contribution < -0.4 is 10.6 Å². The van der Waals surface area contributed by atoms with Gasteiger partial charge in [0.05, 0.1) is 0 Å². The molecule has 0 radical (unpaired) electrons. The fourth-order valence-electron chi connectivity index (χ4n) is 2.08. The maximum Gasteiger partial charge on any atom is 0.329 e. The highest BCUT2D eigenvalue weighted by Crippen LogP contribution is 2.11. The van der Waals surface area contributed by atoms with E-state index in [9.17, 15) is 14.4 Å². The summed E-state index contributed by atoms with van der Waals surface area (Å²) >= 11 is 0. The molecule has 132 valence electrons. The van der Waals surface area contributed by atoms with Gasteiger partial charge in [0.1, 0.15) is 17.7 Å². The number of esters is 1. The second-order valence-electron chi connectivity index (χ2n) is 6.71.